The Balaban J connectivity index is 2.75. The molecule has 4 nitrogen and oxygen atoms in total. The average molecular weight is 299 g/mol. The zero-order valence-corrected chi connectivity index (χ0v) is 13.3. The fourth-order valence-electron chi connectivity index (χ4n) is 1.61. The highest BCUT2D eigenvalue weighted by molar-refractivity contribution is 6.32. The summed E-state index contributed by atoms with van der Waals surface area (Å²) in [7, 11) is 0. The smallest absolute Gasteiger partial charge is 0.258 e. The lowest BCUT2D eigenvalue weighted by Gasteiger charge is -2.21. The molecule has 1 amide bonds. The molecular weight excluding hydrogens is 276 g/mol. The Bertz CT molecular complexity index is 469. The van der Waals surface area contributed by atoms with E-state index in [9.17, 15) is 4.79 Å². The second-order valence-electron chi connectivity index (χ2n) is 5.79. The number of benzene rings is 1. The van der Waals surface area contributed by atoms with Gasteiger partial charge in [0.25, 0.3) is 5.91 Å². The molecule has 0 spiro atoms. The van der Waals surface area contributed by atoms with E-state index in [2.05, 4.69) is 26.1 Å². The van der Waals surface area contributed by atoms with E-state index in [0.717, 1.165) is 12.1 Å². The van der Waals surface area contributed by atoms with E-state index in [0.29, 0.717) is 17.2 Å². The number of halogens is 1. The monoisotopic (exact) mass is 298 g/mol. The maximum Gasteiger partial charge on any atom is 0.258 e. The van der Waals surface area contributed by atoms with Crippen LogP contribution in [0.15, 0.2) is 18.2 Å². The minimum absolute atomic E-state index is 0.0426. The van der Waals surface area contributed by atoms with Gasteiger partial charge in [-0.1, -0.05) is 24.6 Å². The van der Waals surface area contributed by atoms with Crippen LogP contribution in [0.2, 0.25) is 5.02 Å². The molecule has 0 aliphatic heterocycles. The molecule has 1 atom stereocenters. The van der Waals surface area contributed by atoms with Crippen LogP contribution in [0.5, 0.6) is 5.75 Å². The summed E-state index contributed by atoms with van der Waals surface area (Å²) in [5.41, 5.74) is 6.36. The van der Waals surface area contributed by atoms with Crippen LogP contribution in [0.1, 0.15) is 39.7 Å². The van der Waals surface area contributed by atoms with E-state index in [1.54, 1.807) is 6.07 Å². The molecule has 0 heterocycles. The van der Waals surface area contributed by atoms with E-state index < -0.39 is 12.0 Å². The molecule has 1 unspecified atom stereocenters. The van der Waals surface area contributed by atoms with Crippen LogP contribution >= 0.6 is 11.6 Å². The van der Waals surface area contributed by atoms with Gasteiger partial charge < -0.3 is 15.8 Å². The molecule has 20 heavy (non-hydrogen) atoms. The number of carbonyl (C=O) groups excluding carboxylic acids is 1. The number of nitrogens with two attached hydrogens (primary N) is 1. The average Bonchev–Trinajstić information content (AvgIpc) is 2.34. The van der Waals surface area contributed by atoms with Crippen molar-refractivity contribution in [2.75, 3.05) is 0 Å². The third kappa shape index (κ3) is 5.39. The Morgan fingerprint density at radius 3 is 2.55 bits per heavy atom. The minimum atomic E-state index is -0.647. The molecule has 0 saturated carbocycles. The quantitative estimate of drug-likeness (QED) is 0.849. The van der Waals surface area contributed by atoms with Gasteiger partial charge in [-0.3, -0.25) is 4.79 Å². The van der Waals surface area contributed by atoms with Gasteiger partial charge >= 0.3 is 0 Å². The van der Waals surface area contributed by atoms with Crippen molar-refractivity contribution in [3.63, 3.8) is 0 Å². The normalized spacial score (nSPS) is 13.1. The van der Waals surface area contributed by atoms with Crippen molar-refractivity contribution in [1.82, 2.24) is 5.32 Å². The fourth-order valence-corrected chi connectivity index (χ4v) is 1.86. The van der Waals surface area contributed by atoms with Gasteiger partial charge in [0.05, 0.1) is 5.02 Å². The van der Waals surface area contributed by atoms with Crippen LogP contribution in [0, 0.1) is 0 Å². The van der Waals surface area contributed by atoms with E-state index in [1.165, 1.54) is 0 Å². The van der Waals surface area contributed by atoms with Crippen molar-refractivity contribution in [1.29, 1.82) is 0 Å². The summed E-state index contributed by atoms with van der Waals surface area (Å²) < 4.78 is 5.53. The second kappa shape index (κ2) is 6.95. The number of nitrogens with one attached hydrogen (secondary N) is 1. The van der Waals surface area contributed by atoms with Gasteiger partial charge in [-0.2, -0.15) is 0 Å². The molecular formula is C15H23ClN2O2. The minimum Gasteiger partial charge on any atom is -0.479 e. The van der Waals surface area contributed by atoms with Crippen LogP contribution in [0.3, 0.4) is 0 Å². The van der Waals surface area contributed by atoms with Gasteiger partial charge in [0.2, 0.25) is 0 Å². The first-order valence-electron chi connectivity index (χ1n) is 6.72. The first kappa shape index (κ1) is 16.8. The summed E-state index contributed by atoms with van der Waals surface area (Å²) in [4.78, 5) is 11.2. The van der Waals surface area contributed by atoms with E-state index in [-0.39, 0.29) is 5.54 Å². The second-order valence-corrected chi connectivity index (χ2v) is 6.19. The number of hydrogen-bond acceptors (Lipinski definition) is 3. The summed E-state index contributed by atoms with van der Waals surface area (Å²) in [5, 5.41) is 3.87. The van der Waals surface area contributed by atoms with Crippen molar-refractivity contribution >= 4 is 17.5 Å². The van der Waals surface area contributed by atoms with Gasteiger partial charge in [-0.05, 0) is 44.9 Å². The van der Waals surface area contributed by atoms with E-state index >= 15 is 0 Å². The molecule has 0 saturated heterocycles. The van der Waals surface area contributed by atoms with Crippen molar-refractivity contribution in [3.8, 4) is 5.75 Å². The standard InChI is InChI=1S/C15H23ClN2O2/c1-5-12(14(17)19)20-13-7-6-10(8-11(13)16)9-18-15(2,3)4/h6-8,12,18H,5,9H2,1-4H3,(H2,17,19). The third-order valence-corrected chi connectivity index (χ3v) is 3.07. The lowest BCUT2D eigenvalue weighted by atomic mass is 10.1. The summed E-state index contributed by atoms with van der Waals surface area (Å²) >= 11 is 6.18. The van der Waals surface area contributed by atoms with Crippen LogP contribution in [0.4, 0.5) is 0 Å². The topological polar surface area (TPSA) is 64.3 Å². The van der Waals surface area contributed by atoms with Crippen molar-refractivity contribution < 1.29 is 9.53 Å². The third-order valence-electron chi connectivity index (χ3n) is 2.78. The largest absolute Gasteiger partial charge is 0.479 e. The predicted molar refractivity (Wildman–Crippen MR) is 81.9 cm³/mol. The van der Waals surface area contributed by atoms with Crippen molar-refractivity contribution in [2.45, 2.75) is 52.3 Å². The molecule has 3 N–H and O–H groups in total. The Hall–Kier alpha value is -1.26. The molecule has 1 aromatic rings. The Morgan fingerprint density at radius 1 is 1.45 bits per heavy atom. The Labute approximate surface area is 125 Å². The van der Waals surface area contributed by atoms with Gasteiger partial charge in [0.1, 0.15) is 5.75 Å². The molecule has 5 heteroatoms. The molecule has 1 rings (SSSR count). The highest BCUT2D eigenvalue weighted by Gasteiger charge is 2.16. The summed E-state index contributed by atoms with van der Waals surface area (Å²) in [5.74, 6) is -0.00105. The highest BCUT2D eigenvalue weighted by atomic mass is 35.5. The van der Waals surface area contributed by atoms with Gasteiger partial charge in [-0.15, -0.1) is 0 Å². The number of carbonyl (C=O) groups is 1. The SMILES string of the molecule is CCC(Oc1ccc(CNC(C)(C)C)cc1Cl)C(N)=O. The summed E-state index contributed by atoms with van der Waals surface area (Å²) in [6, 6.07) is 5.53. The molecule has 0 radical (unpaired) electrons. The first-order valence-corrected chi connectivity index (χ1v) is 7.10. The van der Waals surface area contributed by atoms with Crippen molar-refractivity contribution in [3.05, 3.63) is 28.8 Å². The summed E-state index contributed by atoms with van der Waals surface area (Å²) in [6.45, 7) is 8.86. The van der Waals surface area contributed by atoms with Crippen LogP contribution in [0.25, 0.3) is 0 Å². The number of hydrogen-bond donors (Lipinski definition) is 2. The fraction of sp³-hybridized carbons (Fsp3) is 0.533. The zero-order chi connectivity index (χ0) is 15.3. The van der Waals surface area contributed by atoms with Gasteiger partial charge in [-0.25, -0.2) is 0 Å². The van der Waals surface area contributed by atoms with Crippen LogP contribution in [-0.2, 0) is 11.3 Å². The zero-order valence-electron chi connectivity index (χ0n) is 12.5. The lowest BCUT2D eigenvalue weighted by Crippen LogP contribution is -2.35. The molecule has 112 valence electrons. The first-order chi connectivity index (χ1) is 9.23. The maximum absolute atomic E-state index is 11.2. The van der Waals surface area contributed by atoms with Crippen molar-refractivity contribution in [2.24, 2.45) is 5.73 Å². The molecule has 0 aliphatic rings. The Morgan fingerprint density at radius 2 is 2.10 bits per heavy atom. The molecule has 0 bridgehead atoms. The van der Waals surface area contributed by atoms with Gasteiger partial charge in [0.15, 0.2) is 6.10 Å². The van der Waals surface area contributed by atoms with Crippen LogP contribution in [-0.4, -0.2) is 17.6 Å². The Kier molecular flexibility index (Phi) is 5.84. The molecule has 0 aromatic heterocycles. The number of rotatable bonds is 6. The molecule has 1 aromatic carbocycles. The van der Waals surface area contributed by atoms with E-state index in [1.807, 2.05) is 19.1 Å². The predicted octanol–water partition coefficient (Wildman–Crippen LogP) is 2.87. The number of ether oxygens (including phenoxy) is 1. The summed E-state index contributed by atoms with van der Waals surface area (Å²) in [6.07, 6.45) is -0.134. The highest BCUT2D eigenvalue weighted by Crippen LogP contribution is 2.27. The number of amides is 1. The van der Waals surface area contributed by atoms with Gasteiger partial charge in [0, 0.05) is 12.1 Å². The molecule has 0 fully saturated rings. The maximum atomic E-state index is 11.2. The number of primary amides is 1. The van der Waals surface area contributed by atoms with E-state index in [4.69, 9.17) is 22.1 Å². The van der Waals surface area contributed by atoms with Crippen LogP contribution < -0.4 is 15.8 Å². The molecule has 0 aliphatic carbocycles. The lowest BCUT2D eigenvalue weighted by molar-refractivity contribution is -0.124.